The van der Waals surface area contributed by atoms with Crippen molar-refractivity contribution in [2.45, 2.75) is 13.3 Å². The molecule has 0 spiro atoms. The first-order valence-electron chi connectivity index (χ1n) is 8.76. The van der Waals surface area contributed by atoms with Crippen LogP contribution in [0.15, 0.2) is 65.3 Å². The average molecular weight is 363 g/mol. The SMILES string of the molecule is CCCOc1ccc(/C=C2N=C(/C=C\c3ccccc3)OC\2=O)cc1OC. The van der Waals surface area contributed by atoms with Crippen molar-refractivity contribution in [3.63, 3.8) is 0 Å². The van der Waals surface area contributed by atoms with Gasteiger partial charge < -0.3 is 14.2 Å². The minimum absolute atomic E-state index is 0.243. The number of nitrogens with zero attached hydrogens (tertiary/aromatic N) is 1. The van der Waals surface area contributed by atoms with Crippen molar-refractivity contribution in [2.24, 2.45) is 4.99 Å². The molecule has 1 aliphatic heterocycles. The molecule has 0 saturated heterocycles. The largest absolute Gasteiger partial charge is 0.493 e. The van der Waals surface area contributed by atoms with Crippen LogP contribution in [0.25, 0.3) is 12.2 Å². The quantitative estimate of drug-likeness (QED) is 0.537. The number of hydrogen-bond acceptors (Lipinski definition) is 5. The van der Waals surface area contributed by atoms with Gasteiger partial charge in [-0.15, -0.1) is 0 Å². The first-order chi connectivity index (χ1) is 13.2. The van der Waals surface area contributed by atoms with E-state index in [1.54, 1.807) is 25.3 Å². The van der Waals surface area contributed by atoms with Crippen molar-refractivity contribution in [1.82, 2.24) is 0 Å². The van der Waals surface area contributed by atoms with Crippen LogP contribution >= 0.6 is 0 Å². The monoisotopic (exact) mass is 363 g/mol. The highest BCUT2D eigenvalue weighted by Crippen LogP contribution is 2.29. The maximum Gasteiger partial charge on any atom is 0.363 e. The summed E-state index contributed by atoms with van der Waals surface area (Å²) in [4.78, 5) is 16.3. The fourth-order valence-corrected chi connectivity index (χ4v) is 2.49. The lowest BCUT2D eigenvalue weighted by atomic mass is 10.1. The Morgan fingerprint density at radius 3 is 2.59 bits per heavy atom. The maximum atomic E-state index is 12.1. The standard InChI is InChI=1S/C22H21NO4/c1-3-13-26-19-11-9-17(15-20(19)25-2)14-18-22(24)27-21(23-18)12-10-16-7-5-4-6-8-16/h4-12,14-15H,3,13H2,1-2H3/b12-10-,18-14-. The molecule has 2 aromatic rings. The number of rotatable bonds is 7. The minimum atomic E-state index is -0.479. The van der Waals surface area contributed by atoms with Gasteiger partial charge in [0.2, 0.25) is 5.90 Å². The lowest BCUT2D eigenvalue weighted by molar-refractivity contribution is -0.129. The number of aliphatic imine (C=N–C) groups is 1. The fourth-order valence-electron chi connectivity index (χ4n) is 2.49. The van der Waals surface area contributed by atoms with Crippen molar-refractivity contribution in [1.29, 1.82) is 0 Å². The zero-order chi connectivity index (χ0) is 19.1. The van der Waals surface area contributed by atoms with Gasteiger partial charge in [-0.1, -0.05) is 43.3 Å². The van der Waals surface area contributed by atoms with E-state index in [2.05, 4.69) is 4.99 Å². The molecule has 1 aliphatic rings. The number of methoxy groups -OCH3 is 1. The van der Waals surface area contributed by atoms with Gasteiger partial charge in [-0.3, -0.25) is 0 Å². The number of esters is 1. The molecule has 2 aromatic carbocycles. The van der Waals surface area contributed by atoms with Crippen LogP contribution in [0.2, 0.25) is 0 Å². The Labute approximate surface area is 158 Å². The highest BCUT2D eigenvalue weighted by molar-refractivity contribution is 6.11. The van der Waals surface area contributed by atoms with Crippen molar-refractivity contribution >= 4 is 24.0 Å². The Kier molecular flexibility index (Phi) is 6.05. The second kappa shape index (κ2) is 8.85. The van der Waals surface area contributed by atoms with Crippen LogP contribution in [0, 0.1) is 0 Å². The first kappa shape index (κ1) is 18.5. The van der Waals surface area contributed by atoms with E-state index in [1.165, 1.54) is 0 Å². The van der Waals surface area contributed by atoms with Gasteiger partial charge in [-0.2, -0.15) is 0 Å². The second-order valence-corrected chi connectivity index (χ2v) is 5.87. The molecule has 0 saturated carbocycles. The summed E-state index contributed by atoms with van der Waals surface area (Å²) in [6.07, 6.45) is 6.10. The molecule has 5 heteroatoms. The molecule has 27 heavy (non-hydrogen) atoms. The van der Waals surface area contributed by atoms with Crippen molar-refractivity contribution in [2.75, 3.05) is 13.7 Å². The van der Waals surface area contributed by atoms with E-state index in [9.17, 15) is 4.79 Å². The van der Waals surface area contributed by atoms with E-state index >= 15 is 0 Å². The zero-order valence-electron chi connectivity index (χ0n) is 15.3. The Morgan fingerprint density at radius 1 is 1.04 bits per heavy atom. The number of cyclic esters (lactones) is 1. The third-order valence-corrected chi connectivity index (χ3v) is 3.81. The third-order valence-electron chi connectivity index (χ3n) is 3.81. The Morgan fingerprint density at radius 2 is 1.85 bits per heavy atom. The van der Waals surface area contributed by atoms with Crippen molar-refractivity contribution < 1.29 is 19.0 Å². The van der Waals surface area contributed by atoms with Crippen LogP contribution in [0.4, 0.5) is 0 Å². The second-order valence-electron chi connectivity index (χ2n) is 5.87. The molecule has 5 nitrogen and oxygen atoms in total. The molecule has 0 aliphatic carbocycles. The Balaban J connectivity index is 1.78. The topological polar surface area (TPSA) is 57.1 Å². The summed E-state index contributed by atoms with van der Waals surface area (Å²) in [5, 5.41) is 0. The summed E-state index contributed by atoms with van der Waals surface area (Å²) in [5.41, 5.74) is 2.02. The number of benzene rings is 2. The van der Waals surface area contributed by atoms with E-state index in [-0.39, 0.29) is 11.6 Å². The highest BCUT2D eigenvalue weighted by Gasteiger charge is 2.21. The Bertz CT molecular complexity index is 898. The molecule has 0 atom stereocenters. The van der Waals surface area contributed by atoms with Crippen LogP contribution in [-0.2, 0) is 9.53 Å². The molecule has 0 bridgehead atoms. The molecule has 3 rings (SSSR count). The summed E-state index contributed by atoms with van der Waals surface area (Å²) < 4.78 is 16.2. The van der Waals surface area contributed by atoms with Gasteiger partial charge in [0.25, 0.3) is 0 Å². The van der Waals surface area contributed by atoms with Gasteiger partial charge in [-0.25, -0.2) is 9.79 Å². The minimum Gasteiger partial charge on any atom is -0.493 e. The maximum absolute atomic E-state index is 12.1. The molecular weight excluding hydrogens is 342 g/mol. The molecule has 0 amide bonds. The van der Waals surface area contributed by atoms with E-state index in [0.29, 0.717) is 18.1 Å². The van der Waals surface area contributed by atoms with Gasteiger partial charge >= 0.3 is 5.97 Å². The summed E-state index contributed by atoms with van der Waals surface area (Å²) in [6, 6.07) is 15.2. The first-order valence-corrected chi connectivity index (χ1v) is 8.76. The van der Waals surface area contributed by atoms with Crippen LogP contribution in [0.3, 0.4) is 0 Å². The average Bonchev–Trinajstić information content (AvgIpc) is 3.05. The van der Waals surface area contributed by atoms with Gasteiger partial charge in [0.1, 0.15) is 0 Å². The molecule has 0 unspecified atom stereocenters. The van der Waals surface area contributed by atoms with E-state index in [0.717, 1.165) is 17.5 Å². The van der Waals surface area contributed by atoms with Gasteiger partial charge in [0, 0.05) is 6.08 Å². The molecule has 1 heterocycles. The Hall–Kier alpha value is -3.34. The van der Waals surface area contributed by atoms with E-state index < -0.39 is 5.97 Å². The number of ether oxygens (including phenoxy) is 3. The molecular formula is C22H21NO4. The van der Waals surface area contributed by atoms with Crippen molar-refractivity contribution in [3.8, 4) is 11.5 Å². The van der Waals surface area contributed by atoms with Crippen LogP contribution < -0.4 is 9.47 Å². The van der Waals surface area contributed by atoms with Gasteiger partial charge in [0.15, 0.2) is 17.2 Å². The number of hydrogen-bond donors (Lipinski definition) is 0. The van der Waals surface area contributed by atoms with Gasteiger partial charge in [0.05, 0.1) is 13.7 Å². The predicted octanol–water partition coefficient (Wildman–Crippen LogP) is 4.49. The van der Waals surface area contributed by atoms with Crippen LogP contribution in [0.1, 0.15) is 24.5 Å². The van der Waals surface area contributed by atoms with Crippen LogP contribution in [-0.4, -0.2) is 25.6 Å². The highest BCUT2D eigenvalue weighted by atomic mass is 16.6. The summed E-state index contributed by atoms with van der Waals surface area (Å²) >= 11 is 0. The summed E-state index contributed by atoms with van der Waals surface area (Å²) in [5.74, 6) is 1.07. The van der Waals surface area contributed by atoms with Crippen molar-refractivity contribution in [3.05, 3.63) is 71.4 Å². The lowest BCUT2D eigenvalue weighted by Crippen LogP contribution is -2.01. The molecule has 138 valence electrons. The summed E-state index contributed by atoms with van der Waals surface area (Å²) in [6.45, 7) is 2.66. The van der Waals surface area contributed by atoms with Crippen LogP contribution in [0.5, 0.6) is 11.5 Å². The normalized spacial score (nSPS) is 15.1. The molecule has 0 N–H and O–H groups in total. The lowest BCUT2D eigenvalue weighted by Gasteiger charge is -2.10. The van der Waals surface area contributed by atoms with E-state index in [4.69, 9.17) is 14.2 Å². The van der Waals surface area contributed by atoms with Gasteiger partial charge in [-0.05, 0) is 41.8 Å². The third kappa shape index (κ3) is 4.85. The molecule has 0 aromatic heterocycles. The number of carbonyl (C=O) groups is 1. The number of carbonyl (C=O) groups excluding carboxylic acids is 1. The van der Waals surface area contributed by atoms with E-state index in [1.807, 2.05) is 55.5 Å². The molecule has 0 radical (unpaired) electrons. The molecule has 0 fully saturated rings. The summed E-state index contributed by atoms with van der Waals surface area (Å²) in [7, 11) is 1.58. The predicted molar refractivity (Wildman–Crippen MR) is 106 cm³/mol. The smallest absolute Gasteiger partial charge is 0.363 e. The fraction of sp³-hybridized carbons (Fsp3) is 0.182. The zero-order valence-corrected chi connectivity index (χ0v) is 15.3.